The number of aromatic amines is 1. The van der Waals surface area contributed by atoms with Gasteiger partial charge >= 0.3 is 5.97 Å². The first-order chi connectivity index (χ1) is 9.15. The first kappa shape index (κ1) is 12.6. The first-order valence-electron chi connectivity index (χ1n) is 5.61. The van der Waals surface area contributed by atoms with Gasteiger partial charge in [0, 0.05) is 5.56 Å². The van der Waals surface area contributed by atoms with Crippen molar-refractivity contribution in [3.8, 4) is 23.1 Å². The highest BCUT2D eigenvalue weighted by molar-refractivity contribution is 5.84. The minimum atomic E-state index is -1.13. The summed E-state index contributed by atoms with van der Waals surface area (Å²) in [6.45, 7) is 2.31. The Kier molecular flexibility index (Phi) is 3.48. The summed E-state index contributed by atoms with van der Waals surface area (Å²) in [5.74, 6) is -0.758. The molecule has 2 aromatic rings. The molecule has 2 N–H and O–H groups in total. The van der Waals surface area contributed by atoms with E-state index < -0.39 is 5.97 Å². The van der Waals surface area contributed by atoms with Gasteiger partial charge in [0.2, 0.25) is 5.82 Å². The largest absolute Gasteiger partial charge is 0.492 e. The second-order valence-electron chi connectivity index (χ2n) is 3.71. The molecule has 6 heteroatoms. The van der Waals surface area contributed by atoms with E-state index in [4.69, 9.17) is 15.1 Å². The zero-order valence-corrected chi connectivity index (χ0v) is 10.2. The molecule has 1 aromatic heterocycles. The maximum Gasteiger partial charge on any atom is 0.371 e. The van der Waals surface area contributed by atoms with Crippen LogP contribution >= 0.6 is 0 Å². The smallest absolute Gasteiger partial charge is 0.371 e. The third kappa shape index (κ3) is 2.55. The van der Waals surface area contributed by atoms with Gasteiger partial charge in [-0.3, -0.25) is 0 Å². The molecule has 0 aliphatic heterocycles. The van der Waals surface area contributed by atoms with E-state index in [1.807, 2.05) is 13.0 Å². The number of rotatable bonds is 4. The van der Waals surface area contributed by atoms with Crippen LogP contribution in [0.15, 0.2) is 24.4 Å². The second-order valence-corrected chi connectivity index (χ2v) is 3.71. The van der Waals surface area contributed by atoms with E-state index in [0.717, 1.165) is 0 Å². The molecule has 0 bridgehead atoms. The van der Waals surface area contributed by atoms with Gasteiger partial charge in [-0.25, -0.2) is 9.78 Å². The number of aromatic carboxylic acids is 1. The van der Waals surface area contributed by atoms with Crippen LogP contribution in [0.2, 0.25) is 0 Å². The fourth-order valence-corrected chi connectivity index (χ4v) is 1.64. The highest BCUT2D eigenvalue weighted by atomic mass is 16.5. The molecule has 19 heavy (non-hydrogen) atoms. The van der Waals surface area contributed by atoms with E-state index in [0.29, 0.717) is 29.2 Å². The third-order valence-corrected chi connectivity index (χ3v) is 2.49. The van der Waals surface area contributed by atoms with Crippen molar-refractivity contribution in [2.24, 2.45) is 0 Å². The number of nitriles is 1. The lowest BCUT2D eigenvalue weighted by Gasteiger charge is -2.06. The molecule has 0 amide bonds. The number of ether oxygens (including phenoxy) is 1. The fourth-order valence-electron chi connectivity index (χ4n) is 1.64. The zero-order valence-electron chi connectivity index (χ0n) is 10.2. The predicted molar refractivity (Wildman–Crippen MR) is 66.9 cm³/mol. The van der Waals surface area contributed by atoms with Gasteiger partial charge in [-0.1, -0.05) is 0 Å². The van der Waals surface area contributed by atoms with Gasteiger partial charge in [-0.15, -0.1) is 0 Å². The summed E-state index contributed by atoms with van der Waals surface area (Å²) >= 11 is 0. The summed E-state index contributed by atoms with van der Waals surface area (Å²) in [6.07, 6.45) is 1.42. The van der Waals surface area contributed by atoms with Gasteiger partial charge < -0.3 is 14.8 Å². The van der Waals surface area contributed by atoms with Crippen molar-refractivity contribution in [2.45, 2.75) is 6.92 Å². The van der Waals surface area contributed by atoms with Crippen LogP contribution in [0.5, 0.6) is 5.75 Å². The maximum atomic E-state index is 10.7. The van der Waals surface area contributed by atoms with Crippen LogP contribution in [-0.2, 0) is 0 Å². The SMILES string of the molecule is CCOc1ccc(-c2cnc(C(=O)O)[nH]2)cc1C#N. The van der Waals surface area contributed by atoms with E-state index in [1.165, 1.54) is 6.20 Å². The van der Waals surface area contributed by atoms with Crippen LogP contribution in [-0.4, -0.2) is 27.7 Å². The van der Waals surface area contributed by atoms with Crippen molar-refractivity contribution in [1.82, 2.24) is 9.97 Å². The number of carboxylic acid groups (broad SMARTS) is 1. The number of imidazole rings is 1. The molecule has 2 rings (SSSR count). The highest BCUT2D eigenvalue weighted by Gasteiger charge is 2.11. The number of aromatic nitrogens is 2. The lowest BCUT2D eigenvalue weighted by molar-refractivity contribution is 0.0685. The van der Waals surface area contributed by atoms with Crippen LogP contribution in [0.1, 0.15) is 23.1 Å². The summed E-state index contributed by atoms with van der Waals surface area (Å²) in [5.41, 5.74) is 1.61. The monoisotopic (exact) mass is 257 g/mol. The van der Waals surface area contributed by atoms with Crippen molar-refractivity contribution < 1.29 is 14.6 Å². The Bertz CT molecular complexity index is 655. The molecule has 96 valence electrons. The van der Waals surface area contributed by atoms with Crippen molar-refractivity contribution >= 4 is 5.97 Å². The van der Waals surface area contributed by atoms with E-state index in [9.17, 15) is 4.79 Å². The van der Waals surface area contributed by atoms with E-state index in [1.54, 1.807) is 18.2 Å². The molecule has 0 saturated heterocycles. The molecule has 0 spiro atoms. The van der Waals surface area contributed by atoms with Crippen LogP contribution in [0.25, 0.3) is 11.3 Å². The standard InChI is InChI=1S/C13H11N3O3/c1-2-19-11-4-3-8(5-9(11)6-14)10-7-15-12(16-10)13(17)18/h3-5,7H,2H2,1H3,(H,15,16)(H,17,18). The van der Waals surface area contributed by atoms with Gasteiger partial charge in [-0.05, 0) is 25.1 Å². The van der Waals surface area contributed by atoms with E-state index in [2.05, 4.69) is 9.97 Å². The summed E-state index contributed by atoms with van der Waals surface area (Å²) in [5, 5.41) is 17.9. The second kappa shape index (κ2) is 5.23. The molecular formula is C13H11N3O3. The molecule has 1 heterocycles. The van der Waals surface area contributed by atoms with Crippen LogP contribution in [0, 0.1) is 11.3 Å². The maximum absolute atomic E-state index is 10.7. The number of nitrogens with zero attached hydrogens (tertiary/aromatic N) is 2. The Morgan fingerprint density at radius 1 is 1.58 bits per heavy atom. The molecule has 6 nitrogen and oxygen atoms in total. The average molecular weight is 257 g/mol. The summed E-state index contributed by atoms with van der Waals surface area (Å²) in [7, 11) is 0. The van der Waals surface area contributed by atoms with Gasteiger partial charge in [0.1, 0.15) is 11.8 Å². The van der Waals surface area contributed by atoms with E-state index >= 15 is 0 Å². The van der Waals surface area contributed by atoms with Crippen molar-refractivity contribution in [1.29, 1.82) is 5.26 Å². The van der Waals surface area contributed by atoms with Crippen molar-refractivity contribution in [2.75, 3.05) is 6.61 Å². The summed E-state index contributed by atoms with van der Waals surface area (Å²) < 4.78 is 5.32. The molecule has 0 fully saturated rings. The average Bonchev–Trinajstić information content (AvgIpc) is 2.89. The minimum absolute atomic E-state index is 0.137. The number of H-pyrrole nitrogens is 1. The summed E-state index contributed by atoms with van der Waals surface area (Å²) in [4.78, 5) is 17.1. The lowest BCUT2D eigenvalue weighted by atomic mass is 10.1. The van der Waals surface area contributed by atoms with Crippen molar-refractivity contribution in [3.63, 3.8) is 0 Å². The Hall–Kier alpha value is -2.81. The molecule has 0 atom stereocenters. The first-order valence-corrected chi connectivity index (χ1v) is 5.61. The van der Waals surface area contributed by atoms with Gasteiger partial charge in [-0.2, -0.15) is 5.26 Å². The predicted octanol–water partition coefficient (Wildman–Crippen LogP) is 2.05. The fraction of sp³-hybridized carbons (Fsp3) is 0.154. The van der Waals surface area contributed by atoms with Crippen molar-refractivity contribution in [3.05, 3.63) is 35.8 Å². The molecular weight excluding hydrogens is 246 g/mol. The normalized spacial score (nSPS) is 9.89. The zero-order chi connectivity index (χ0) is 13.8. The quantitative estimate of drug-likeness (QED) is 0.873. The summed E-state index contributed by atoms with van der Waals surface area (Å²) in [6, 6.07) is 7.09. The molecule has 0 aliphatic rings. The number of benzene rings is 1. The molecule has 0 radical (unpaired) electrons. The lowest BCUT2D eigenvalue weighted by Crippen LogP contribution is -1.98. The molecule has 0 saturated carbocycles. The third-order valence-electron chi connectivity index (χ3n) is 2.49. The Balaban J connectivity index is 2.40. The Morgan fingerprint density at radius 3 is 2.95 bits per heavy atom. The number of carbonyl (C=O) groups is 1. The molecule has 1 aromatic carbocycles. The highest BCUT2D eigenvalue weighted by Crippen LogP contribution is 2.25. The Morgan fingerprint density at radius 2 is 2.37 bits per heavy atom. The molecule has 0 aliphatic carbocycles. The minimum Gasteiger partial charge on any atom is -0.492 e. The van der Waals surface area contributed by atoms with Gasteiger partial charge in [0.05, 0.1) is 24.1 Å². The van der Waals surface area contributed by atoms with Crippen LogP contribution in [0.3, 0.4) is 0 Å². The Labute approximate surface area is 109 Å². The molecule has 0 unspecified atom stereocenters. The number of nitrogens with one attached hydrogen (secondary N) is 1. The van der Waals surface area contributed by atoms with Gasteiger partial charge in [0.25, 0.3) is 0 Å². The van der Waals surface area contributed by atoms with Crippen LogP contribution < -0.4 is 4.74 Å². The van der Waals surface area contributed by atoms with E-state index in [-0.39, 0.29) is 5.82 Å². The topological polar surface area (TPSA) is 99.0 Å². The number of carboxylic acids is 1. The van der Waals surface area contributed by atoms with Gasteiger partial charge in [0.15, 0.2) is 0 Å². The number of hydrogen-bond acceptors (Lipinski definition) is 4. The number of hydrogen-bond donors (Lipinski definition) is 2. The van der Waals surface area contributed by atoms with Crippen LogP contribution in [0.4, 0.5) is 0 Å².